The lowest BCUT2D eigenvalue weighted by Crippen LogP contribution is -2.00. The van der Waals surface area contributed by atoms with Crippen LogP contribution in [0.15, 0.2) is 49.1 Å². The number of hydrogen-bond acceptors (Lipinski definition) is 3. The zero-order chi connectivity index (χ0) is 14.1. The predicted octanol–water partition coefficient (Wildman–Crippen LogP) is 3.48. The average molecular weight is 285 g/mol. The monoisotopic (exact) mass is 284 g/mol. The SMILES string of the molecule is Cc1cc(Cl)ccc1-n1cncc1-c1cccnc1N. The topological polar surface area (TPSA) is 56.7 Å². The van der Waals surface area contributed by atoms with Crippen LogP contribution in [-0.4, -0.2) is 14.5 Å². The Morgan fingerprint density at radius 2 is 2.10 bits per heavy atom. The molecule has 100 valence electrons. The number of aryl methyl sites for hydroxylation is 1. The first kappa shape index (κ1) is 12.7. The standard InChI is InChI=1S/C15H13ClN4/c1-10-7-11(16)4-5-13(10)20-9-18-8-14(20)12-3-2-6-19-15(12)17/h2-9H,1H3,(H2,17,19). The molecule has 0 aliphatic carbocycles. The van der Waals surface area contributed by atoms with Gasteiger partial charge in [0.15, 0.2) is 0 Å². The molecule has 0 aliphatic rings. The van der Waals surface area contributed by atoms with Crippen LogP contribution in [0.3, 0.4) is 0 Å². The zero-order valence-corrected chi connectivity index (χ0v) is 11.7. The second-order valence-corrected chi connectivity index (χ2v) is 4.95. The lowest BCUT2D eigenvalue weighted by molar-refractivity contribution is 1.04. The van der Waals surface area contributed by atoms with Crippen molar-refractivity contribution in [2.24, 2.45) is 0 Å². The third-order valence-corrected chi connectivity index (χ3v) is 3.41. The maximum Gasteiger partial charge on any atom is 0.132 e. The van der Waals surface area contributed by atoms with Gasteiger partial charge in [-0.25, -0.2) is 9.97 Å². The predicted molar refractivity (Wildman–Crippen MR) is 81.0 cm³/mol. The summed E-state index contributed by atoms with van der Waals surface area (Å²) >= 11 is 6.01. The van der Waals surface area contributed by atoms with Gasteiger partial charge in [-0.15, -0.1) is 0 Å². The van der Waals surface area contributed by atoms with Crippen molar-refractivity contribution in [3.63, 3.8) is 0 Å². The van der Waals surface area contributed by atoms with Gasteiger partial charge in [0.05, 0.1) is 23.9 Å². The van der Waals surface area contributed by atoms with Crippen LogP contribution in [0.1, 0.15) is 5.56 Å². The second kappa shape index (κ2) is 4.98. The minimum absolute atomic E-state index is 0.487. The fraction of sp³-hybridized carbons (Fsp3) is 0.0667. The highest BCUT2D eigenvalue weighted by atomic mass is 35.5. The summed E-state index contributed by atoms with van der Waals surface area (Å²) in [4.78, 5) is 8.35. The number of hydrogen-bond donors (Lipinski definition) is 1. The van der Waals surface area contributed by atoms with E-state index in [1.54, 1.807) is 18.7 Å². The van der Waals surface area contributed by atoms with Crippen molar-refractivity contribution in [3.8, 4) is 16.9 Å². The van der Waals surface area contributed by atoms with Gasteiger partial charge in [-0.05, 0) is 42.8 Å². The number of imidazole rings is 1. The largest absolute Gasteiger partial charge is 0.383 e. The number of aromatic nitrogens is 3. The Bertz CT molecular complexity index is 764. The van der Waals surface area contributed by atoms with Gasteiger partial charge in [0, 0.05) is 16.8 Å². The summed E-state index contributed by atoms with van der Waals surface area (Å²) in [6.45, 7) is 2.01. The number of anilines is 1. The van der Waals surface area contributed by atoms with E-state index in [9.17, 15) is 0 Å². The Morgan fingerprint density at radius 3 is 2.85 bits per heavy atom. The Kier molecular flexibility index (Phi) is 3.16. The number of nitrogens with zero attached hydrogens (tertiary/aromatic N) is 3. The third-order valence-electron chi connectivity index (χ3n) is 3.17. The highest BCUT2D eigenvalue weighted by molar-refractivity contribution is 6.30. The Hall–Kier alpha value is -2.33. The lowest BCUT2D eigenvalue weighted by atomic mass is 10.1. The highest BCUT2D eigenvalue weighted by Crippen LogP contribution is 2.28. The van der Waals surface area contributed by atoms with Gasteiger partial charge in [-0.2, -0.15) is 0 Å². The molecule has 0 aliphatic heterocycles. The van der Waals surface area contributed by atoms with Crippen LogP contribution in [0.2, 0.25) is 5.02 Å². The minimum atomic E-state index is 0.487. The number of nitrogen functional groups attached to an aromatic ring is 1. The van der Waals surface area contributed by atoms with Crippen LogP contribution in [0.4, 0.5) is 5.82 Å². The van der Waals surface area contributed by atoms with E-state index in [-0.39, 0.29) is 0 Å². The molecule has 0 saturated carbocycles. The molecule has 3 rings (SSSR count). The van der Waals surface area contributed by atoms with Crippen LogP contribution in [0, 0.1) is 6.92 Å². The molecule has 2 N–H and O–H groups in total. The van der Waals surface area contributed by atoms with Crippen LogP contribution >= 0.6 is 11.6 Å². The third kappa shape index (κ3) is 2.14. The summed E-state index contributed by atoms with van der Waals surface area (Å²) in [6, 6.07) is 9.54. The summed E-state index contributed by atoms with van der Waals surface area (Å²) in [7, 11) is 0. The molecule has 2 heterocycles. The molecule has 5 heteroatoms. The molecule has 0 saturated heterocycles. The first-order valence-corrected chi connectivity index (χ1v) is 6.54. The van der Waals surface area contributed by atoms with E-state index >= 15 is 0 Å². The van der Waals surface area contributed by atoms with Crippen molar-refractivity contribution in [2.45, 2.75) is 6.92 Å². The molecular weight excluding hydrogens is 272 g/mol. The van der Waals surface area contributed by atoms with Gasteiger partial charge < -0.3 is 5.73 Å². The summed E-state index contributed by atoms with van der Waals surface area (Å²) in [5, 5.41) is 0.716. The first-order valence-electron chi connectivity index (χ1n) is 6.16. The lowest BCUT2D eigenvalue weighted by Gasteiger charge is -2.12. The van der Waals surface area contributed by atoms with Crippen molar-refractivity contribution in [1.29, 1.82) is 0 Å². The molecule has 0 radical (unpaired) electrons. The number of nitrogens with two attached hydrogens (primary N) is 1. The number of halogens is 1. The molecule has 0 fully saturated rings. The molecule has 0 unspecified atom stereocenters. The average Bonchev–Trinajstić information content (AvgIpc) is 2.88. The summed E-state index contributed by atoms with van der Waals surface area (Å²) in [6.07, 6.45) is 5.21. The molecule has 4 nitrogen and oxygen atoms in total. The normalized spacial score (nSPS) is 10.7. The quantitative estimate of drug-likeness (QED) is 0.784. The fourth-order valence-corrected chi connectivity index (χ4v) is 2.44. The Labute approximate surface area is 121 Å². The molecule has 20 heavy (non-hydrogen) atoms. The number of rotatable bonds is 2. The van der Waals surface area contributed by atoms with E-state index in [1.807, 2.05) is 41.8 Å². The Morgan fingerprint density at radius 1 is 1.25 bits per heavy atom. The van der Waals surface area contributed by atoms with Crippen molar-refractivity contribution in [1.82, 2.24) is 14.5 Å². The van der Waals surface area contributed by atoms with Crippen LogP contribution in [0.25, 0.3) is 16.9 Å². The molecule has 0 bridgehead atoms. The highest BCUT2D eigenvalue weighted by Gasteiger charge is 2.11. The molecule has 0 atom stereocenters. The maximum atomic E-state index is 6.01. The van der Waals surface area contributed by atoms with Crippen LogP contribution in [0.5, 0.6) is 0 Å². The van der Waals surface area contributed by atoms with Gasteiger partial charge >= 0.3 is 0 Å². The smallest absolute Gasteiger partial charge is 0.132 e. The summed E-state index contributed by atoms with van der Waals surface area (Å²) in [5.41, 5.74) is 9.80. The second-order valence-electron chi connectivity index (χ2n) is 4.52. The van der Waals surface area contributed by atoms with Crippen molar-refractivity contribution < 1.29 is 0 Å². The van der Waals surface area contributed by atoms with Gasteiger partial charge in [0.2, 0.25) is 0 Å². The van der Waals surface area contributed by atoms with Gasteiger partial charge in [0.25, 0.3) is 0 Å². The molecule has 1 aromatic carbocycles. The molecular formula is C15H13ClN4. The van der Waals surface area contributed by atoms with E-state index in [0.717, 1.165) is 22.5 Å². The first-order chi connectivity index (χ1) is 9.66. The van der Waals surface area contributed by atoms with E-state index in [4.69, 9.17) is 17.3 Å². The summed E-state index contributed by atoms with van der Waals surface area (Å²) in [5.74, 6) is 0.487. The molecule has 3 aromatic rings. The van der Waals surface area contributed by atoms with Gasteiger partial charge in [0.1, 0.15) is 5.82 Å². The van der Waals surface area contributed by atoms with Crippen molar-refractivity contribution >= 4 is 17.4 Å². The van der Waals surface area contributed by atoms with Crippen molar-refractivity contribution in [2.75, 3.05) is 5.73 Å². The number of pyridine rings is 1. The van der Waals surface area contributed by atoms with Gasteiger partial charge in [-0.3, -0.25) is 4.57 Å². The van der Waals surface area contributed by atoms with Gasteiger partial charge in [-0.1, -0.05) is 11.6 Å². The van der Waals surface area contributed by atoms with E-state index < -0.39 is 0 Å². The maximum absolute atomic E-state index is 6.01. The fourth-order valence-electron chi connectivity index (χ4n) is 2.21. The van der Waals surface area contributed by atoms with E-state index in [2.05, 4.69) is 9.97 Å². The van der Waals surface area contributed by atoms with Crippen molar-refractivity contribution in [3.05, 3.63) is 59.6 Å². The number of benzene rings is 1. The minimum Gasteiger partial charge on any atom is -0.383 e. The van der Waals surface area contributed by atoms with Crippen LogP contribution < -0.4 is 5.73 Å². The Balaban J connectivity index is 2.18. The van der Waals surface area contributed by atoms with Crippen LogP contribution in [-0.2, 0) is 0 Å². The zero-order valence-electron chi connectivity index (χ0n) is 10.9. The molecule has 0 amide bonds. The molecule has 2 aromatic heterocycles. The van der Waals surface area contributed by atoms with E-state index in [0.29, 0.717) is 10.8 Å². The summed E-state index contributed by atoms with van der Waals surface area (Å²) < 4.78 is 1.99. The molecule has 0 spiro atoms. The van der Waals surface area contributed by atoms with E-state index in [1.165, 1.54) is 0 Å².